The quantitative estimate of drug-likeness (QED) is 0.528. The molecule has 0 heterocycles. The summed E-state index contributed by atoms with van der Waals surface area (Å²) in [6, 6.07) is 5.82. The van der Waals surface area contributed by atoms with Gasteiger partial charge in [-0.05, 0) is 35.6 Å². The van der Waals surface area contributed by atoms with Gasteiger partial charge in [0.25, 0.3) is 0 Å². The van der Waals surface area contributed by atoms with Crippen LogP contribution in [0.2, 0.25) is 0 Å². The van der Waals surface area contributed by atoms with Gasteiger partial charge in [0.15, 0.2) is 5.78 Å². The van der Waals surface area contributed by atoms with E-state index in [1.165, 1.54) is 17.2 Å². The van der Waals surface area contributed by atoms with Crippen LogP contribution in [0, 0.1) is 6.92 Å². The van der Waals surface area contributed by atoms with Gasteiger partial charge in [0.1, 0.15) is 0 Å². The summed E-state index contributed by atoms with van der Waals surface area (Å²) in [4.78, 5) is 11.5. The molecule has 0 saturated carbocycles. The molecule has 80 valence electrons. The van der Waals surface area contributed by atoms with Crippen LogP contribution < -0.4 is 0 Å². The molecule has 0 bridgehead atoms. The number of hydrogen-bond acceptors (Lipinski definition) is 1. The van der Waals surface area contributed by atoms with Crippen molar-refractivity contribution >= 4 is 5.78 Å². The van der Waals surface area contributed by atoms with Gasteiger partial charge in [-0.25, -0.2) is 0 Å². The second kappa shape index (κ2) is 4.01. The Morgan fingerprint density at radius 3 is 2.40 bits per heavy atom. The average Bonchev–Trinajstić information content (AvgIpc) is 2.15. The fourth-order valence-corrected chi connectivity index (χ4v) is 1.70. The van der Waals surface area contributed by atoms with Crippen LogP contribution in [0.5, 0.6) is 0 Å². The summed E-state index contributed by atoms with van der Waals surface area (Å²) in [5.41, 5.74) is 3.24. The molecule has 1 nitrogen and oxygen atoms in total. The summed E-state index contributed by atoms with van der Waals surface area (Å²) in [5.74, 6) is -0.0134. The third-order valence-electron chi connectivity index (χ3n) is 2.52. The van der Waals surface area contributed by atoms with Crippen molar-refractivity contribution in [3.05, 3.63) is 47.5 Å². The number of rotatable bonds is 2. The van der Waals surface area contributed by atoms with Gasteiger partial charge in [-0.1, -0.05) is 39.5 Å². The maximum Gasteiger partial charge on any atom is 0.185 e. The lowest BCUT2D eigenvalue weighted by Gasteiger charge is -2.22. The van der Waals surface area contributed by atoms with Crippen LogP contribution in [0.1, 0.15) is 42.3 Å². The van der Waals surface area contributed by atoms with Gasteiger partial charge in [-0.2, -0.15) is 0 Å². The predicted molar refractivity (Wildman–Crippen MR) is 64.4 cm³/mol. The van der Waals surface area contributed by atoms with Gasteiger partial charge >= 0.3 is 0 Å². The van der Waals surface area contributed by atoms with Crippen LogP contribution in [0.3, 0.4) is 0 Å². The summed E-state index contributed by atoms with van der Waals surface area (Å²) < 4.78 is 0. The highest BCUT2D eigenvalue weighted by atomic mass is 16.1. The van der Waals surface area contributed by atoms with Crippen molar-refractivity contribution in [2.45, 2.75) is 33.1 Å². The molecule has 15 heavy (non-hydrogen) atoms. The SMILES string of the molecule is C=CC(=O)c1ccc(C)c(C(C)(C)C)c1. The van der Waals surface area contributed by atoms with Crippen molar-refractivity contribution in [2.75, 3.05) is 0 Å². The van der Waals surface area contributed by atoms with E-state index >= 15 is 0 Å². The van der Waals surface area contributed by atoms with Crippen LogP contribution in [0.25, 0.3) is 0 Å². The van der Waals surface area contributed by atoms with E-state index in [2.05, 4.69) is 34.3 Å². The molecule has 1 aromatic carbocycles. The van der Waals surface area contributed by atoms with Crippen molar-refractivity contribution in [3.63, 3.8) is 0 Å². The summed E-state index contributed by atoms with van der Waals surface area (Å²) in [7, 11) is 0. The summed E-state index contributed by atoms with van der Waals surface area (Å²) >= 11 is 0. The van der Waals surface area contributed by atoms with E-state index in [9.17, 15) is 4.79 Å². The Morgan fingerprint density at radius 2 is 1.93 bits per heavy atom. The lowest BCUT2D eigenvalue weighted by Crippen LogP contribution is -2.14. The minimum absolute atomic E-state index is 0.0134. The Bertz CT molecular complexity index is 394. The lowest BCUT2D eigenvalue weighted by atomic mass is 9.83. The molecule has 0 saturated heterocycles. The molecule has 0 aliphatic rings. The number of carbonyl (C=O) groups is 1. The normalized spacial score (nSPS) is 11.2. The van der Waals surface area contributed by atoms with Crippen LogP contribution in [0.15, 0.2) is 30.9 Å². The Morgan fingerprint density at radius 1 is 1.33 bits per heavy atom. The minimum atomic E-state index is -0.0134. The van der Waals surface area contributed by atoms with E-state index in [0.29, 0.717) is 0 Å². The van der Waals surface area contributed by atoms with E-state index in [1.807, 2.05) is 18.2 Å². The molecule has 0 aromatic heterocycles. The number of benzene rings is 1. The van der Waals surface area contributed by atoms with Gasteiger partial charge in [-0.15, -0.1) is 0 Å². The number of allylic oxidation sites excluding steroid dienone is 1. The Labute approximate surface area is 91.8 Å². The Balaban J connectivity index is 3.29. The lowest BCUT2D eigenvalue weighted by molar-refractivity contribution is 0.104. The molecule has 0 aliphatic carbocycles. The molecule has 1 rings (SSSR count). The topological polar surface area (TPSA) is 17.1 Å². The zero-order valence-electron chi connectivity index (χ0n) is 9.92. The first-order valence-corrected chi connectivity index (χ1v) is 5.14. The van der Waals surface area contributed by atoms with Crippen molar-refractivity contribution in [3.8, 4) is 0 Å². The number of aryl methyl sites for hydroxylation is 1. The first-order chi connectivity index (χ1) is 6.86. The molecule has 0 amide bonds. The Hall–Kier alpha value is -1.37. The van der Waals surface area contributed by atoms with Crippen LogP contribution in [-0.4, -0.2) is 5.78 Å². The number of ketones is 1. The summed E-state index contributed by atoms with van der Waals surface area (Å²) in [5, 5.41) is 0. The van der Waals surface area contributed by atoms with E-state index in [1.54, 1.807) is 0 Å². The summed E-state index contributed by atoms with van der Waals surface area (Å²) in [6.07, 6.45) is 1.36. The van der Waals surface area contributed by atoms with Crippen LogP contribution in [0.4, 0.5) is 0 Å². The molecule has 0 spiro atoms. The van der Waals surface area contributed by atoms with Gasteiger partial charge in [0.2, 0.25) is 0 Å². The molecular weight excluding hydrogens is 184 g/mol. The Kier molecular flexibility index (Phi) is 3.13. The number of carbonyl (C=O) groups excluding carboxylic acids is 1. The van der Waals surface area contributed by atoms with Crippen LogP contribution >= 0.6 is 0 Å². The molecule has 1 aromatic rings. The monoisotopic (exact) mass is 202 g/mol. The standard InChI is InChI=1S/C14H18O/c1-6-13(15)11-8-7-10(2)12(9-11)14(3,4)5/h6-9H,1H2,2-5H3. The highest BCUT2D eigenvalue weighted by Gasteiger charge is 2.17. The number of hydrogen-bond donors (Lipinski definition) is 0. The molecule has 0 atom stereocenters. The van der Waals surface area contributed by atoms with Gasteiger partial charge in [0, 0.05) is 5.56 Å². The smallest absolute Gasteiger partial charge is 0.185 e. The first kappa shape index (κ1) is 11.7. The van der Waals surface area contributed by atoms with Crippen molar-refractivity contribution < 1.29 is 4.79 Å². The highest BCUT2D eigenvalue weighted by Crippen LogP contribution is 2.26. The highest BCUT2D eigenvalue weighted by molar-refractivity contribution is 6.04. The zero-order chi connectivity index (χ0) is 11.6. The molecule has 0 fully saturated rings. The molecule has 0 N–H and O–H groups in total. The van der Waals surface area contributed by atoms with E-state index in [-0.39, 0.29) is 11.2 Å². The predicted octanol–water partition coefficient (Wildman–Crippen LogP) is 3.66. The minimum Gasteiger partial charge on any atom is -0.289 e. The van der Waals surface area contributed by atoms with Crippen molar-refractivity contribution in [2.24, 2.45) is 0 Å². The maximum atomic E-state index is 11.5. The van der Waals surface area contributed by atoms with Gasteiger partial charge < -0.3 is 0 Å². The second-order valence-corrected chi connectivity index (χ2v) is 4.85. The second-order valence-electron chi connectivity index (χ2n) is 4.85. The first-order valence-electron chi connectivity index (χ1n) is 5.14. The van der Waals surface area contributed by atoms with Gasteiger partial charge in [0.05, 0.1) is 0 Å². The van der Waals surface area contributed by atoms with Crippen molar-refractivity contribution in [1.29, 1.82) is 0 Å². The third kappa shape index (κ3) is 2.56. The van der Waals surface area contributed by atoms with E-state index < -0.39 is 0 Å². The summed E-state index contributed by atoms with van der Waals surface area (Å²) in [6.45, 7) is 12.0. The van der Waals surface area contributed by atoms with Gasteiger partial charge in [-0.3, -0.25) is 4.79 Å². The molecule has 0 aliphatic heterocycles. The third-order valence-corrected chi connectivity index (χ3v) is 2.52. The molecule has 0 unspecified atom stereocenters. The molecule has 0 radical (unpaired) electrons. The van der Waals surface area contributed by atoms with Crippen LogP contribution in [-0.2, 0) is 5.41 Å². The zero-order valence-corrected chi connectivity index (χ0v) is 9.92. The largest absolute Gasteiger partial charge is 0.289 e. The van der Waals surface area contributed by atoms with E-state index in [0.717, 1.165) is 5.56 Å². The van der Waals surface area contributed by atoms with E-state index in [4.69, 9.17) is 0 Å². The maximum absolute atomic E-state index is 11.5. The van der Waals surface area contributed by atoms with Crippen molar-refractivity contribution in [1.82, 2.24) is 0 Å². The molecular formula is C14H18O. The molecule has 1 heteroatoms. The fraction of sp³-hybridized carbons (Fsp3) is 0.357. The average molecular weight is 202 g/mol. The fourth-order valence-electron chi connectivity index (χ4n) is 1.70.